The second-order valence-corrected chi connectivity index (χ2v) is 5.74. The summed E-state index contributed by atoms with van der Waals surface area (Å²) < 4.78 is 39.5. The van der Waals surface area contributed by atoms with E-state index in [2.05, 4.69) is 14.7 Å². The molecule has 0 aliphatic carbocycles. The Morgan fingerprint density at radius 2 is 2.14 bits per heavy atom. The first-order valence-corrected chi connectivity index (χ1v) is 7.17. The van der Waals surface area contributed by atoms with Gasteiger partial charge in [-0.25, -0.2) is 27.5 Å². The number of hydrogen-bond donors (Lipinski definition) is 2. The van der Waals surface area contributed by atoms with E-state index in [-0.39, 0.29) is 28.6 Å². The smallest absolute Gasteiger partial charge is 0.241 e. The fourth-order valence-corrected chi connectivity index (χ4v) is 2.51. The maximum Gasteiger partial charge on any atom is 0.241 e. The second kappa shape index (κ2) is 5.82. The Bertz CT molecular complexity index is 817. The summed E-state index contributed by atoms with van der Waals surface area (Å²) >= 11 is 0. The van der Waals surface area contributed by atoms with Gasteiger partial charge in [0.2, 0.25) is 10.0 Å². The number of hydrogen-bond acceptors (Lipinski definition) is 6. The van der Waals surface area contributed by atoms with E-state index in [0.29, 0.717) is 0 Å². The van der Waals surface area contributed by atoms with Crippen LogP contribution in [0.5, 0.6) is 0 Å². The van der Waals surface area contributed by atoms with Gasteiger partial charge in [-0.2, -0.15) is 5.26 Å². The SMILES string of the molecule is N#Cc1cc(S(=O)(=O)NCc2nccc(N)n2)ccc1F. The number of anilines is 1. The highest BCUT2D eigenvalue weighted by molar-refractivity contribution is 7.89. The number of benzene rings is 1. The third-order valence-corrected chi connectivity index (χ3v) is 3.91. The summed E-state index contributed by atoms with van der Waals surface area (Å²) in [7, 11) is -3.91. The van der Waals surface area contributed by atoms with Gasteiger partial charge in [-0.3, -0.25) is 0 Å². The zero-order valence-corrected chi connectivity index (χ0v) is 11.4. The predicted octanol–water partition coefficient (Wildman–Crippen LogP) is 0.548. The van der Waals surface area contributed by atoms with Crippen molar-refractivity contribution in [2.75, 3.05) is 5.73 Å². The molecule has 0 aliphatic heterocycles. The van der Waals surface area contributed by atoms with Gasteiger partial charge < -0.3 is 5.73 Å². The molecular weight excluding hydrogens is 297 g/mol. The van der Waals surface area contributed by atoms with Gasteiger partial charge in [-0.15, -0.1) is 0 Å². The van der Waals surface area contributed by atoms with E-state index >= 15 is 0 Å². The summed E-state index contributed by atoms with van der Waals surface area (Å²) in [6, 6.07) is 6.00. The molecule has 0 unspecified atom stereocenters. The van der Waals surface area contributed by atoms with Crippen LogP contribution in [-0.4, -0.2) is 18.4 Å². The molecule has 1 aromatic heterocycles. The van der Waals surface area contributed by atoms with E-state index in [1.807, 2.05) is 0 Å². The van der Waals surface area contributed by atoms with Crippen LogP contribution < -0.4 is 10.5 Å². The molecule has 0 spiro atoms. The van der Waals surface area contributed by atoms with Crippen molar-refractivity contribution >= 4 is 15.8 Å². The van der Waals surface area contributed by atoms with Crippen molar-refractivity contribution in [1.29, 1.82) is 5.26 Å². The number of aromatic nitrogens is 2. The monoisotopic (exact) mass is 307 g/mol. The van der Waals surface area contributed by atoms with Gasteiger partial charge in [0.1, 0.15) is 23.5 Å². The van der Waals surface area contributed by atoms with Crippen molar-refractivity contribution < 1.29 is 12.8 Å². The van der Waals surface area contributed by atoms with E-state index < -0.39 is 15.8 Å². The van der Waals surface area contributed by atoms with Crippen LogP contribution >= 0.6 is 0 Å². The minimum absolute atomic E-state index is 0.174. The number of rotatable bonds is 4. The lowest BCUT2D eigenvalue weighted by atomic mass is 10.2. The molecule has 108 valence electrons. The number of nitrogens with two attached hydrogens (primary N) is 1. The lowest BCUT2D eigenvalue weighted by molar-refractivity contribution is 0.578. The molecule has 1 heterocycles. The summed E-state index contributed by atoms with van der Waals surface area (Å²) in [6.45, 7) is -0.174. The van der Waals surface area contributed by atoms with Crippen LogP contribution in [0.15, 0.2) is 35.4 Å². The molecule has 0 fully saturated rings. The van der Waals surface area contributed by atoms with Crippen molar-refractivity contribution in [3.63, 3.8) is 0 Å². The highest BCUT2D eigenvalue weighted by Gasteiger charge is 2.16. The van der Waals surface area contributed by atoms with Gasteiger partial charge in [0.15, 0.2) is 0 Å². The van der Waals surface area contributed by atoms with Crippen LogP contribution in [-0.2, 0) is 16.6 Å². The molecule has 1 aromatic carbocycles. The molecule has 2 rings (SSSR count). The molecule has 21 heavy (non-hydrogen) atoms. The Balaban J connectivity index is 2.21. The first-order chi connectivity index (χ1) is 9.92. The molecule has 0 amide bonds. The Kier molecular flexibility index (Phi) is 4.11. The quantitative estimate of drug-likeness (QED) is 0.850. The van der Waals surface area contributed by atoms with Crippen LogP contribution in [0.1, 0.15) is 11.4 Å². The number of sulfonamides is 1. The van der Waals surface area contributed by atoms with Crippen molar-refractivity contribution in [2.24, 2.45) is 0 Å². The van der Waals surface area contributed by atoms with Crippen molar-refractivity contribution in [3.8, 4) is 6.07 Å². The van der Waals surface area contributed by atoms with Gasteiger partial charge in [0.05, 0.1) is 17.0 Å². The van der Waals surface area contributed by atoms with Gasteiger partial charge in [-0.1, -0.05) is 0 Å². The maximum absolute atomic E-state index is 13.2. The van der Waals surface area contributed by atoms with Gasteiger partial charge in [0, 0.05) is 6.20 Å². The lowest BCUT2D eigenvalue weighted by Gasteiger charge is -2.07. The molecule has 9 heteroatoms. The van der Waals surface area contributed by atoms with E-state index in [9.17, 15) is 12.8 Å². The van der Waals surface area contributed by atoms with Gasteiger partial charge >= 0.3 is 0 Å². The molecule has 7 nitrogen and oxygen atoms in total. The highest BCUT2D eigenvalue weighted by Crippen LogP contribution is 2.14. The fraction of sp³-hybridized carbons (Fsp3) is 0.0833. The first kappa shape index (κ1) is 14.8. The van der Waals surface area contributed by atoms with E-state index in [0.717, 1.165) is 18.2 Å². The minimum Gasteiger partial charge on any atom is -0.384 e. The molecule has 0 saturated carbocycles. The van der Waals surface area contributed by atoms with Crippen LogP contribution in [0.25, 0.3) is 0 Å². The summed E-state index contributed by atoms with van der Waals surface area (Å²) in [5, 5.41) is 8.71. The van der Waals surface area contributed by atoms with Crippen molar-refractivity contribution in [1.82, 2.24) is 14.7 Å². The van der Waals surface area contributed by atoms with Crippen LogP contribution in [0.2, 0.25) is 0 Å². The standard InChI is InChI=1S/C12H10FN5O2S/c13-10-2-1-9(5-8(10)6-14)21(19,20)17-7-12-16-4-3-11(15)18-12/h1-5,17H,7H2,(H2,15,16,18). The number of nitrogen functional groups attached to an aromatic ring is 1. The van der Waals surface area contributed by atoms with E-state index in [1.165, 1.54) is 12.3 Å². The third kappa shape index (κ3) is 3.50. The zero-order chi connectivity index (χ0) is 15.5. The first-order valence-electron chi connectivity index (χ1n) is 5.69. The van der Waals surface area contributed by atoms with Gasteiger partial charge in [-0.05, 0) is 24.3 Å². The summed E-state index contributed by atoms with van der Waals surface area (Å²) in [4.78, 5) is 7.48. The average molecular weight is 307 g/mol. The Labute approximate surface area is 120 Å². The number of halogens is 1. The van der Waals surface area contributed by atoms with E-state index in [4.69, 9.17) is 11.0 Å². The number of nitriles is 1. The normalized spacial score (nSPS) is 11.0. The molecule has 0 atom stereocenters. The molecular formula is C12H10FN5O2S. The summed E-state index contributed by atoms with van der Waals surface area (Å²) in [5.41, 5.74) is 5.11. The predicted molar refractivity (Wildman–Crippen MR) is 71.6 cm³/mol. The molecule has 0 aliphatic rings. The maximum atomic E-state index is 13.2. The lowest BCUT2D eigenvalue weighted by Crippen LogP contribution is -2.24. The summed E-state index contributed by atoms with van der Waals surface area (Å²) in [6.07, 6.45) is 1.40. The largest absolute Gasteiger partial charge is 0.384 e. The Hall–Kier alpha value is -2.57. The minimum atomic E-state index is -3.91. The Morgan fingerprint density at radius 1 is 1.38 bits per heavy atom. The van der Waals surface area contributed by atoms with Gasteiger partial charge in [0.25, 0.3) is 0 Å². The zero-order valence-electron chi connectivity index (χ0n) is 10.6. The number of nitrogens with one attached hydrogen (secondary N) is 1. The molecule has 2 aromatic rings. The second-order valence-electron chi connectivity index (χ2n) is 3.98. The van der Waals surface area contributed by atoms with Crippen LogP contribution in [0, 0.1) is 17.1 Å². The highest BCUT2D eigenvalue weighted by atomic mass is 32.2. The molecule has 0 radical (unpaired) electrons. The summed E-state index contributed by atoms with van der Waals surface area (Å²) in [5.74, 6) is -0.371. The van der Waals surface area contributed by atoms with Crippen molar-refractivity contribution in [3.05, 3.63) is 47.7 Å². The molecule has 0 bridgehead atoms. The average Bonchev–Trinajstić information content (AvgIpc) is 2.46. The number of nitrogens with zero attached hydrogens (tertiary/aromatic N) is 3. The molecule has 3 N–H and O–H groups in total. The van der Waals surface area contributed by atoms with Crippen LogP contribution in [0.3, 0.4) is 0 Å². The third-order valence-electron chi connectivity index (χ3n) is 2.52. The molecule has 0 saturated heterocycles. The van der Waals surface area contributed by atoms with E-state index in [1.54, 1.807) is 6.07 Å². The van der Waals surface area contributed by atoms with Crippen LogP contribution in [0.4, 0.5) is 10.2 Å². The Morgan fingerprint density at radius 3 is 2.81 bits per heavy atom. The van der Waals surface area contributed by atoms with Crippen molar-refractivity contribution in [2.45, 2.75) is 11.4 Å². The topological polar surface area (TPSA) is 122 Å². The fourth-order valence-electron chi connectivity index (χ4n) is 1.50.